The normalized spacial score (nSPS) is 16.8. The highest BCUT2D eigenvalue weighted by molar-refractivity contribution is 5.30. The van der Waals surface area contributed by atoms with Crippen molar-refractivity contribution >= 4 is 5.69 Å². The molecule has 17 heavy (non-hydrogen) atoms. The van der Waals surface area contributed by atoms with E-state index in [1.807, 2.05) is 0 Å². The van der Waals surface area contributed by atoms with Gasteiger partial charge in [-0.05, 0) is 25.3 Å². The summed E-state index contributed by atoms with van der Waals surface area (Å²) in [5, 5.41) is 14.1. The number of nitrogens with one attached hydrogen (secondary N) is 1. The van der Waals surface area contributed by atoms with E-state index in [-0.39, 0.29) is 10.6 Å². The molecule has 1 unspecified atom stereocenters. The van der Waals surface area contributed by atoms with Crippen molar-refractivity contribution in [3.05, 3.63) is 34.1 Å². The van der Waals surface area contributed by atoms with Crippen molar-refractivity contribution in [3.63, 3.8) is 0 Å². The Balaban J connectivity index is 2.05. The molecule has 2 rings (SSSR count). The van der Waals surface area contributed by atoms with Gasteiger partial charge in [-0.1, -0.05) is 6.92 Å². The van der Waals surface area contributed by atoms with Crippen LogP contribution in [-0.2, 0) is 6.42 Å². The number of aromatic nitrogens is 1. The quantitative estimate of drug-likeness (QED) is 0.604. The first-order valence-corrected chi connectivity index (χ1v) is 6.03. The van der Waals surface area contributed by atoms with E-state index in [1.54, 1.807) is 6.07 Å². The molecular weight excluding hydrogens is 218 g/mol. The predicted octanol–water partition coefficient (Wildman–Crippen LogP) is 1.92. The number of likely N-dealkylation sites (N-methyl/N-ethyl adjacent to an activating group) is 1. The predicted molar refractivity (Wildman–Crippen MR) is 64.8 cm³/mol. The second-order valence-electron chi connectivity index (χ2n) is 4.47. The second kappa shape index (κ2) is 5.23. The minimum Gasteiger partial charge on any atom is -0.314 e. The number of nitrogens with zero attached hydrogens (tertiary/aromatic N) is 2. The molecule has 0 amide bonds. The lowest BCUT2D eigenvalue weighted by Crippen LogP contribution is -2.33. The van der Waals surface area contributed by atoms with Gasteiger partial charge < -0.3 is 5.32 Å². The maximum atomic E-state index is 10.7. The molecule has 5 nitrogen and oxygen atoms in total. The Morgan fingerprint density at radius 2 is 2.41 bits per heavy atom. The zero-order valence-electron chi connectivity index (χ0n) is 9.93. The second-order valence-corrected chi connectivity index (χ2v) is 4.47. The fraction of sp³-hybridized carbons (Fsp3) is 0.583. The van der Waals surface area contributed by atoms with Crippen LogP contribution in [0.25, 0.3) is 0 Å². The van der Waals surface area contributed by atoms with Crippen LogP contribution >= 0.6 is 0 Å². The van der Waals surface area contributed by atoms with Crippen molar-refractivity contribution in [2.24, 2.45) is 5.92 Å². The van der Waals surface area contributed by atoms with Crippen LogP contribution in [0, 0.1) is 16.0 Å². The molecule has 5 heteroatoms. The van der Waals surface area contributed by atoms with Gasteiger partial charge in [0, 0.05) is 36.5 Å². The number of hydrogen-bond acceptors (Lipinski definition) is 4. The zero-order valence-corrected chi connectivity index (χ0v) is 9.93. The molecule has 0 bridgehead atoms. The summed E-state index contributed by atoms with van der Waals surface area (Å²) >= 11 is 0. The molecule has 1 saturated carbocycles. The molecule has 1 aliphatic rings. The summed E-state index contributed by atoms with van der Waals surface area (Å²) in [4.78, 5) is 14.5. The van der Waals surface area contributed by atoms with E-state index in [0.717, 1.165) is 24.6 Å². The van der Waals surface area contributed by atoms with E-state index in [0.29, 0.717) is 6.04 Å². The maximum absolute atomic E-state index is 10.7. The van der Waals surface area contributed by atoms with Gasteiger partial charge in [0.1, 0.15) is 0 Å². The van der Waals surface area contributed by atoms with Crippen molar-refractivity contribution < 1.29 is 4.92 Å². The van der Waals surface area contributed by atoms with E-state index < -0.39 is 0 Å². The van der Waals surface area contributed by atoms with Crippen molar-refractivity contribution in [2.75, 3.05) is 6.54 Å². The summed E-state index contributed by atoms with van der Waals surface area (Å²) in [5.41, 5.74) is 0.929. The van der Waals surface area contributed by atoms with Crippen LogP contribution in [0.15, 0.2) is 18.3 Å². The van der Waals surface area contributed by atoms with Crippen molar-refractivity contribution in [3.8, 4) is 0 Å². The average Bonchev–Trinajstić information content (AvgIpc) is 3.13. The highest BCUT2D eigenvalue weighted by Gasteiger charge is 2.30. The lowest BCUT2D eigenvalue weighted by Gasteiger charge is -2.16. The largest absolute Gasteiger partial charge is 0.314 e. The Morgan fingerprint density at radius 3 is 3.00 bits per heavy atom. The minimum absolute atomic E-state index is 0.126. The molecule has 1 atom stereocenters. The molecule has 0 radical (unpaired) electrons. The summed E-state index contributed by atoms with van der Waals surface area (Å²) in [6.45, 7) is 3.01. The molecular formula is C12H17N3O2. The Labute approximate surface area is 100 Å². The number of pyridine rings is 1. The van der Waals surface area contributed by atoms with Crippen LogP contribution in [0.4, 0.5) is 5.69 Å². The topological polar surface area (TPSA) is 68.1 Å². The first-order chi connectivity index (χ1) is 8.20. The number of rotatable bonds is 6. The molecule has 0 aliphatic heterocycles. The summed E-state index contributed by atoms with van der Waals surface area (Å²) < 4.78 is 0. The molecule has 1 aliphatic carbocycles. The Morgan fingerprint density at radius 1 is 1.65 bits per heavy atom. The smallest absolute Gasteiger partial charge is 0.272 e. The highest BCUT2D eigenvalue weighted by Crippen LogP contribution is 2.34. The van der Waals surface area contributed by atoms with Crippen LogP contribution in [-0.4, -0.2) is 22.5 Å². The van der Waals surface area contributed by atoms with Crippen molar-refractivity contribution in [2.45, 2.75) is 32.2 Å². The third-order valence-electron chi connectivity index (χ3n) is 3.10. The van der Waals surface area contributed by atoms with Gasteiger partial charge in [-0.3, -0.25) is 15.1 Å². The first kappa shape index (κ1) is 12.0. The molecule has 1 aromatic rings. The van der Waals surface area contributed by atoms with Crippen molar-refractivity contribution in [1.29, 1.82) is 0 Å². The van der Waals surface area contributed by atoms with E-state index in [4.69, 9.17) is 0 Å². The summed E-state index contributed by atoms with van der Waals surface area (Å²) in [5.74, 6) is 0.719. The fourth-order valence-electron chi connectivity index (χ4n) is 2.08. The van der Waals surface area contributed by atoms with E-state index in [2.05, 4.69) is 17.2 Å². The Kier molecular flexibility index (Phi) is 3.68. The summed E-state index contributed by atoms with van der Waals surface area (Å²) in [6.07, 6.45) is 4.81. The fourth-order valence-corrected chi connectivity index (χ4v) is 2.08. The monoisotopic (exact) mass is 235 g/mol. The van der Waals surface area contributed by atoms with E-state index >= 15 is 0 Å². The highest BCUT2D eigenvalue weighted by atomic mass is 16.6. The van der Waals surface area contributed by atoms with Gasteiger partial charge in [-0.25, -0.2) is 0 Å². The van der Waals surface area contributed by atoms with Gasteiger partial charge in [0.25, 0.3) is 5.69 Å². The number of nitro groups is 1. The van der Waals surface area contributed by atoms with Gasteiger partial charge in [-0.2, -0.15) is 0 Å². The summed E-state index contributed by atoms with van der Waals surface area (Å²) in [7, 11) is 0. The molecule has 1 N–H and O–H groups in total. The standard InChI is InChI=1S/C12H17N3O2/c1-2-13-12(9-3-4-9)8-10-7-11(15(16)17)5-6-14-10/h5-7,9,12-13H,2-4,8H2,1H3. The molecule has 0 spiro atoms. The molecule has 92 valence electrons. The molecule has 0 aromatic carbocycles. The van der Waals surface area contributed by atoms with Crippen molar-refractivity contribution in [1.82, 2.24) is 10.3 Å². The van der Waals surface area contributed by atoms with Gasteiger partial charge in [0.05, 0.1) is 4.92 Å². The van der Waals surface area contributed by atoms with Crippen LogP contribution in [0.3, 0.4) is 0 Å². The SMILES string of the molecule is CCNC(Cc1cc([N+](=O)[O-])ccn1)C1CC1. The van der Waals surface area contributed by atoms with E-state index in [9.17, 15) is 10.1 Å². The van der Waals surface area contributed by atoms with Crippen LogP contribution in [0.1, 0.15) is 25.5 Å². The lowest BCUT2D eigenvalue weighted by molar-refractivity contribution is -0.385. The molecule has 1 aromatic heterocycles. The number of hydrogen-bond donors (Lipinski definition) is 1. The molecule has 0 saturated heterocycles. The average molecular weight is 235 g/mol. The first-order valence-electron chi connectivity index (χ1n) is 6.03. The molecule has 1 heterocycles. The third kappa shape index (κ3) is 3.23. The maximum Gasteiger partial charge on any atom is 0.272 e. The molecule has 1 fully saturated rings. The van der Waals surface area contributed by atoms with Crippen LogP contribution < -0.4 is 5.32 Å². The van der Waals surface area contributed by atoms with Gasteiger partial charge in [0.15, 0.2) is 0 Å². The van der Waals surface area contributed by atoms with Crippen LogP contribution in [0.5, 0.6) is 0 Å². The summed E-state index contributed by atoms with van der Waals surface area (Å²) in [6, 6.07) is 3.42. The Hall–Kier alpha value is -1.49. The van der Waals surface area contributed by atoms with Gasteiger partial charge in [0.2, 0.25) is 0 Å². The Bertz CT molecular complexity index is 404. The minimum atomic E-state index is -0.370. The van der Waals surface area contributed by atoms with Crippen LogP contribution in [0.2, 0.25) is 0 Å². The van der Waals surface area contributed by atoms with E-state index in [1.165, 1.54) is 25.1 Å². The van der Waals surface area contributed by atoms with Gasteiger partial charge in [-0.15, -0.1) is 0 Å². The van der Waals surface area contributed by atoms with Gasteiger partial charge >= 0.3 is 0 Å². The third-order valence-corrected chi connectivity index (χ3v) is 3.10. The lowest BCUT2D eigenvalue weighted by atomic mass is 10.1. The zero-order chi connectivity index (χ0) is 12.3.